The summed E-state index contributed by atoms with van der Waals surface area (Å²) in [6.07, 6.45) is 1.75. The van der Waals surface area contributed by atoms with E-state index in [1.807, 2.05) is 13.8 Å². The number of rotatable bonds is 2. The van der Waals surface area contributed by atoms with Crippen LogP contribution in [0.4, 0.5) is 0 Å². The molecule has 0 saturated carbocycles. The van der Waals surface area contributed by atoms with Crippen molar-refractivity contribution in [3.63, 3.8) is 0 Å². The van der Waals surface area contributed by atoms with Crippen LogP contribution in [0.1, 0.15) is 26.7 Å². The molecule has 5 heteroatoms. The third kappa shape index (κ3) is 214. The molecule has 0 atom stereocenters. The van der Waals surface area contributed by atoms with Gasteiger partial charge in [-0.25, -0.2) is 0 Å². The fourth-order valence-electron chi connectivity index (χ4n) is 0. The number of hydrogen-bond donors (Lipinski definition) is 4. The average molecular weight is 232 g/mol. The first-order valence-corrected chi connectivity index (χ1v) is 3.94. The van der Waals surface area contributed by atoms with Crippen LogP contribution in [0.15, 0.2) is 0 Å². The quantitative estimate of drug-likeness (QED) is 0.505. The summed E-state index contributed by atoms with van der Waals surface area (Å²) in [6.45, 7) is 4.50. The molecule has 0 aromatic heterocycles. The van der Waals surface area contributed by atoms with E-state index in [2.05, 4.69) is 0 Å². The van der Waals surface area contributed by atoms with Gasteiger partial charge in [0.2, 0.25) is 0 Å². The van der Waals surface area contributed by atoms with Crippen molar-refractivity contribution < 1.29 is 42.1 Å². The van der Waals surface area contributed by atoms with Crippen LogP contribution >= 0.6 is 0 Å². The maximum Gasteiger partial charge on any atom is 0.0428 e. The van der Waals surface area contributed by atoms with E-state index in [0.717, 1.165) is 27.1 Å². The fraction of sp³-hybridized carbons (Fsp3) is 1.00. The van der Waals surface area contributed by atoms with Gasteiger partial charge in [-0.2, -0.15) is 0 Å². The third-order valence-electron chi connectivity index (χ3n) is 0.447. The Hall–Kier alpha value is 0.554. The Labute approximate surface area is 96.5 Å². The summed E-state index contributed by atoms with van der Waals surface area (Å²) in [4.78, 5) is 0. The van der Waals surface area contributed by atoms with Crippen molar-refractivity contribution in [1.82, 2.24) is 0 Å². The van der Waals surface area contributed by atoms with E-state index in [-0.39, 0.29) is 21.7 Å². The van der Waals surface area contributed by atoms with Crippen molar-refractivity contribution in [3.05, 3.63) is 0 Å². The molecule has 0 radical (unpaired) electrons. The molecule has 0 aliphatic carbocycles. The number of aliphatic hydroxyl groups excluding tert-OH is 4. The minimum Gasteiger partial charge on any atom is -0.400 e. The molecule has 0 heterocycles. The fourth-order valence-corrected chi connectivity index (χ4v) is 0. The molecule has 0 spiro atoms. The molecular weight excluding hydrogens is 208 g/mol. The summed E-state index contributed by atoms with van der Waals surface area (Å²) < 4.78 is 0. The first-order chi connectivity index (χ1) is 5.83. The molecule has 0 bridgehead atoms. The van der Waals surface area contributed by atoms with Gasteiger partial charge >= 0.3 is 0 Å². The average Bonchev–Trinajstić information content (AvgIpc) is 2.23. The summed E-state index contributed by atoms with van der Waals surface area (Å²) in [5.74, 6) is 0. The zero-order chi connectivity index (χ0) is 10.8. The van der Waals surface area contributed by atoms with E-state index in [1.54, 1.807) is 0 Å². The number of hydrogen-bond acceptors (Lipinski definition) is 4. The van der Waals surface area contributed by atoms with Crippen LogP contribution in [0.25, 0.3) is 0 Å². The maximum absolute atomic E-state index is 7.88. The Morgan fingerprint density at radius 2 is 0.769 bits per heavy atom. The first kappa shape index (κ1) is 29.2. The molecule has 13 heavy (non-hydrogen) atoms. The minimum absolute atomic E-state index is 0. The maximum atomic E-state index is 7.88. The van der Waals surface area contributed by atoms with Gasteiger partial charge in [-0.05, 0) is 12.8 Å². The second-order valence-electron chi connectivity index (χ2n) is 1.45. The summed E-state index contributed by atoms with van der Waals surface area (Å²) in [6, 6.07) is 0. The van der Waals surface area contributed by atoms with Crippen molar-refractivity contribution >= 4 is 0 Å². The Morgan fingerprint density at radius 3 is 0.769 bits per heavy atom. The van der Waals surface area contributed by atoms with Crippen molar-refractivity contribution in [1.29, 1.82) is 0 Å². The van der Waals surface area contributed by atoms with Crippen molar-refractivity contribution in [2.45, 2.75) is 26.7 Å². The molecule has 0 aromatic carbocycles. The molecular formula is C8H24O4Ti. The van der Waals surface area contributed by atoms with E-state index < -0.39 is 0 Å². The van der Waals surface area contributed by atoms with Gasteiger partial charge < -0.3 is 20.4 Å². The van der Waals surface area contributed by atoms with Crippen LogP contribution < -0.4 is 0 Å². The molecule has 0 unspecified atom stereocenters. The monoisotopic (exact) mass is 232 g/mol. The standard InChI is InChI=1S/2C3H8O.2CH4O.Ti/c2*1-2-3-4;2*1-2;/h2*4H,2-3H2,1H3;2*2H,1H3;. The predicted molar refractivity (Wildman–Crippen MR) is 51.0 cm³/mol. The zero-order valence-corrected chi connectivity index (χ0v) is 10.7. The normalized spacial score (nSPS) is 5.54. The van der Waals surface area contributed by atoms with Gasteiger partial charge in [-0.1, -0.05) is 13.8 Å². The van der Waals surface area contributed by atoms with Crippen LogP contribution in [0, 0.1) is 0 Å². The Bertz CT molecular complexity index is 24.1. The van der Waals surface area contributed by atoms with Crippen molar-refractivity contribution in [2.75, 3.05) is 27.4 Å². The van der Waals surface area contributed by atoms with Crippen LogP contribution in [0.2, 0.25) is 0 Å². The van der Waals surface area contributed by atoms with Crippen LogP contribution in [0.5, 0.6) is 0 Å². The van der Waals surface area contributed by atoms with E-state index in [1.165, 1.54) is 0 Å². The second kappa shape index (κ2) is 80.8. The van der Waals surface area contributed by atoms with Gasteiger partial charge in [0.15, 0.2) is 0 Å². The molecule has 0 rings (SSSR count). The van der Waals surface area contributed by atoms with E-state index in [0.29, 0.717) is 13.2 Å². The molecule has 4 nitrogen and oxygen atoms in total. The Morgan fingerprint density at radius 1 is 0.692 bits per heavy atom. The summed E-state index contributed by atoms with van der Waals surface area (Å²) in [5.41, 5.74) is 0. The first-order valence-electron chi connectivity index (χ1n) is 3.94. The van der Waals surface area contributed by atoms with Gasteiger partial charge in [0.25, 0.3) is 0 Å². The van der Waals surface area contributed by atoms with Gasteiger partial charge in [-0.3, -0.25) is 0 Å². The van der Waals surface area contributed by atoms with Crippen molar-refractivity contribution in [2.24, 2.45) is 0 Å². The van der Waals surface area contributed by atoms with Gasteiger partial charge in [-0.15, -0.1) is 0 Å². The molecule has 84 valence electrons. The molecule has 0 aromatic rings. The van der Waals surface area contributed by atoms with Crippen LogP contribution in [0.3, 0.4) is 0 Å². The zero-order valence-electron chi connectivity index (χ0n) is 9.12. The Kier molecular flexibility index (Phi) is 181. The smallest absolute Gasteiger partial charge is 0.0428 e. The topological polar surface area (TPSA) is 80.9 Å². The largest absolute Gasteiger partial charge is 0.400 e. The molecule has 0 saturated heterocycles. The van der Waals surface area contributed by atoms with Crippen LogP contribution in [-0.4, -0.2) is 47.9 Å². The molecule has 4 N–H and O–H groups in total. The summed E-state index contributed by atoms with van der Waals surface area (Å²) in [5, 5.41) is 29.8. The van der Waals surface area contributed by atoms with Crippen molar-refractivity contribution in [3.8, 4) is 0 Å². The summed E-state index contributed by atoms with van der Waals surface area (Å²) in [7, 11) is 2.00. The van der Waals surface area contributed by atoms with E-state index in [9.17, 15) is 0 Å². The van der Waals surface area contributed by atoms with Crippen LogP contribution in [-0.2, 0) is 21.7 Å². The van der Waals surface area contributed by atoms with Gasteiger partial charge in [0, 0.05) is 49.2 Å². The van der Waals surface area contributed by atoms with Gasteiger partial charge in [0.1, 0.15) is 0 Å². The third-order valence-corrected chi connectivity index (χ3v) is 0.447. The second-order valence-corrected chi connectivity index (χ2v) is 1.45. The molecule has 0 amide bonds. The Balaban J connectivity index is -0.0000000226. The van der Waals surface area contributed by atoms with E-state index in [4.69, 9.17) is 20.4 Å². The minimum atomic E-state index is 0. The van der Waals surface area contributed by atoms with Gasteiger partial charge in [0.05, 0.1) is 0 Å². The molecule has 0 aliphatic heterocycles. The predicted octanol–water partition coefficient (Wildman–Crippen LogP) is -0.00810. The van der Waals surface area contributed by atoms with E-state index >= 15 is 0 Å². The molecule has 0 aliphatic rings. The summed E-state index contributed by atoms with van der Waals surface area (Å²) >= 11 is 0. The SMILES string of the molecule is CCCO.CCCO.CO.CO.[Ti]. The number of aliphatic hydroxyl groups is 4. The molecule has 0 fully saturated rings.